The van der Waals surface area contributed by atoms with Gasteiger partial charge in [0.15, 0.2) is 5.65 Å². The first-order chi connectivity index (χ1) is 8.74. The summed E-state index contributed by atoms with van der Waals surface area (Å²) >= 11 is 1.69. The Kier molecular flexibility index (Phi) is 2.60. The molecule has 0 fully saturated rings. The van der Waals surface area contributed by atoms with Gasteiger partial charge in [-0.3, -0.25) is 0 Å². The van der Waals surface area contributed by atoms with Crippen LogP contribution < -0.4 is 11.0 Å². The van der Waals surface area contributed by atoms with Crippen molar-refractivity contribution in [3.05, 3.63) is 45.3 Å². The van der Waals surface area contributed by atoms with Crippen molar-refractivity contribution in [3.63, 3.8) is 0 Å². The van der Waals surface area contributed by atoms with Gasteiger partial charge in [0, 0.05) is 10.9 Å². The van der Waals surface area contributed by atoms with E-state index < -0.39 is 0 Å². The lowest BCUT2D eigenvalue weighted by atomic mass is 10.3. The average molecular weight is 261 g/mol. The molecule has 6 nitrogen and oxygen atoms in total. The first-order valence-electron chi connectivity index (χ1n) is 5.47. The number of rotatable bonds is 3. The lowest BCUT2D eigenvalue weighted by Gasteiger charge is -2.12. The van der Waals surface area contributed by atoms with Crippen molar-refractivity contribution in [2.24, 2.45) is 0 Å². The molecule has 2 N–H and O–H groups in total. The molecule has 3 heterocycles. The van der Waals surface area contributed by atoms with Crippen LogP contribution in [-0.4, -0.2) is 19.6 Å². The third-order valence-electron chi connectivity index (χ3n) is 2.64. The Morgan fingerprint density at radius 1 is 1.56 bits per heavy atom. The topological polar surface area (TPSA) is 75.1 Å². The first-order valence-corrected chi connectivity index (χ1v) is 6.35. The molecule has 0 aliphatic carbocycles. The monoisotopic (exact) mass is 261 g/mol. The van der Waals surface area contributed by atoms with Gasteiger partial charge in [0.1, 0.15) is 12.1 Å². The second kappa shape index (κ2) is 4.26. The van der Waals surface area contributed by atoms with Crippen LogP contribution in [0, 0.1) is 0 Å². The molecule has 0 aromatic carbocycles. The minimum atomic E-state index is -0.282. The summed E-state index contributed by atoms with van der Waals surface area (Å²) in [5.41, 5.74) is 0.270. The van der Waals surface area contributed by atoms with E-state index >= 15 is 0 Å². The Labute approximate surface area is 106 Å². The number of nitrogens with one attached hydrogen (secondary N) is 2. The number of fused-ring (bicyclic) bond motifs is 1. The van der Waals surface area contributed by atoms with E-state index in [4.69, 9.17) is 0 Å². The number of hydrogen-bond donors (Lipinski definition) is 2. The molecule has 0 bridgehead atoms. The molecule has 1 unspecified atom stereocenters. The molecule has 3 rings (SSSR count). The van der Waals surface area contributed by atoms with Gasteiger partial charge in [0.25, 0.3) is 0 Å². The Morgan fingerprint density at radius 3 is 3.22 bits per heavy atom. The zero-order valence-electron chi connectivity index (χ0n) is 9.62. The molecular formula is C11H11N5OS. The van der Waals surface area contributed by atoms with E-state index in [0.717, 1.165) is 0 Å². The SMILES string of the molecule is CC(Nc1cc2n[nH]c(=O)n2cn1)c1cccs1. The van der Waals surface area contributed by atoms with Crippen molar-refractivity contribution in [1.29, 1.82) is 0 Å². The molecule has 1 atom stereocenters. The molecule has 3 aromatic rings. The molecular weight excluding hydrogens is 250 g/mol. The third kappa shape index (κ3) is 1.88. The predicted molar refractivity (Wildman–Crippen MR) is 70.0 cm³/mol. The van der Waals surface area contributed by atoms with E-state index in [-0.39, 0.29) is 11.7 Å². The Morgan fingerprint density at radius 2 is 2.44 bits per heavy atom. The van der Waals surface area contributed by atoms with Crippen molar-refractivity contribution >= 4 is 22.8 Å². The van der Waals surface area contributed by atoms with Gasteiger partial charge in [-0.05, 0) is 18.4 Å². The van der Waals surface area contributed by atoms with Crippen LogP contribution in [0.25, 0.3) is 5.65 Å². The number of nitrogens with zero attached hydrogens (tertiary/aromatic N) is 3. The molecule has 18 heavy (non-hydrogen) atoms. The van der Waals surface area contributed by atoms with Gasteiger partial charge in [0.2, 0.25) is 0 Å². The van der Waals surface area contributed by atoms with Crippen molar-refractivity contribution in [3.8, 4) is 0 Å². The van der Waals surface area contributed by atoms with Crippen LogP contribution in [0.5, 0.6) is 0 Å². The van der Waals surface area contributed by atoms with Gasteiger partial charge < -0.3 is 5.32 Å². The molecule has 0 saturated carbocycles. The lowest BCUT2D eigenvalue weighted by molar-refractivity contribution is 0.889. The predicted octanol–water partition coefficient (Wildman–Crippen LogP) is 1.65. The largest absolute Gasteiger partial charge is 0.363 e. The van der Waals surface area contributed by atoms with Gasteiger partial charge in [-0.25, -0.2) is 19.3 Å². The highest BCUT2D eigenvalue weighted by atomic mass is 32.1. The summed E-state index contributed by atoms with van der Waals surface area (Å²) in [6.45, 7) is 2.06. The van der Waals surface area contributed by atoms with E-state index in [0.29, 0.717) is 11.5 Å². The Balaban J connectivity index is 1.89. The van der Waals surface area contributed by atoms with Gasteiger partial charge >= 0.3 is 5.69 Å². The van der Waals surface area contributed by atoms with Crippen molar-refractivity contribution < 1.29 is 0 Å². The minimum absolute atomic E-state index is 0.172. The standard InChI is InChI=1S/C11H11N5OS/c1-7(8-3-2-4-18-8)13-9-5-10-14-15-11(17)16(10)6-12-9/h2-7,13H,1H3,(H,15,17). The number of H-pyrrole nitrogens is 1. The Bertz CT molecular complexity index is 714. The second-order valence-electron chi connectivity index (χ2n) is 3.91. The van der Waals surface area contributed by atoms with Crippen LogP contribution in [0.1, 0.15) is 17.8 Å². The number of anilines is 1. The molecule has 0 saturated heterocycles. The molecule has 7 heteroatoms. The molecule has 92 valence electrons. The molecule has 0 radical (unpaired) electrons. The summed E-state index contributed by atoms with van der Waals surface area (Å²) in [4.78, 5) is 16.7. The molecule has 0 spiro atoms. The van der Waals surface area contributed by atoms with Gasteiger partial charge in [-0.2, -0.15) is 5.10 Å². The summed E-state index contributed by atoms with van der Waals surface area (Å²) in [5, 5.41) is 11.6. The van der Waals surface area contributed by atoms with Crippen LogP contribution in [0.15, 0.2) is 34.7 Å². The fourth-order valence-corrected chi connectivity index (χ4v) is 2.45. The highest BCUT2D eigenvalue weighted by molar-refractivity contribution is 7.10. The maximum atomic E-state index is 11.3. The molecule has 0 amide bonds. The Hall–Kier alpha value is -2.15. The van der Waals surface area contributed by atoms with E-state index in [2.05, 4.69) is 33.5 Å². The third-order valence-corrected chi connectivity index (χ3v) is 3.70. The fourth-order valence-electron chi connectivity index (χ4n) is 1.72. The normalized spacial score (nSPS) is 12.7. The van der Waals surface area contributed by atoms with Crippen LogP contribution in [0.4, 0.5) is 5.82 Å². The lowest BCUT2D eigenvalue weighted by Crippen LogP contribution is -2.11. The van der Waals surface area contributed by atoms with E-state index in [1.165, 1.54) is 15.6 Å². The quantitative estimate of drug-likeness (QED) is 0.751. The van der Waals surface area contributed by atoms with Crippen LogP contribution in [0.3, 0.4) is 0 Å². The van der Waals surface area contributed by atoms with Crippen molar-refractivity contribution in [1.82, 2.24) is 19.6 Å². The van der Waals surface area contributed by atoms with Crippen LogP contribution in [0.2, 0.25) is 0 Å². The summed E-state index contributed by atoms with van der Waals surface area (Å²) in [7, 11) is 0. The number of hydrogen-bond acceptors (Lipinski definition) is 5. The highest BCUT2D eigenvalue weighted by Crippen LogP contribution is 2.22. The van der Waals surface area contributed by atoms with E-state index in [1.807, 2.05) is 11.4 Å². The van der Waals surface area contributed by atoms with E-state index in [9.17, 15) is 4.79 Å². The number of thiophene rings is 1. The maximum Gasteiger partial charge on any atom is 0.348 e. The van der Waals surface area contributed by atoms with Crippen molar-refractivity contribution in [2.75, 3.05) is 5.32 Å². The fraction of sp³-hybridized carbons (Fsp3) is 0.182. The van der Waals surface area contributed by atoms with Gasteiger partial charge in [-0.1, -0.05) is 6.07 Å². The first kappa shape index (κ1) is 11.0. The number of aromatic amines is 1. The molecule has 3 aromatic heterocycles. The summed E-state index contributed by atoms with van der Waals surface area (Å²) in [6.07, 6.45) is 1.46. The van der Waals surface area contributed by atoms with E-state index in [1.54, 1.807) is 17.4 Å². The molecule has 0 aliphatic rings. The second-order valence-corrected chi connectivity index (χ2v) is 4.89. The van der Waals surface area contributed by atoms with Crippen molar-refractivity contribution in [2.45, 2.75) is 13.0 Å². The summed E-state index contributed by atoms with van der Waals surface area (Å²) in [6, 6.07) is 6.00. The van der Waals surface area contributed by atoms with Crippen LogP contribution in [-0.2, 0) is 0 Å². The van der Waals surface area contributed by atoms with Gasteiger partial charge in [-0.15, -0.1) is 11.3 Å². The minimum Gasteiger partial charge on any atom is -0.363 e. The summed E-state index contributed by atoms with van der Waals surface area (Å²) in [5.74, 6) is 0.697. The van der Waals surface area contributed by atoms with Gasteiger partial charge in [0.05, 0.1) is 6.04 Å². The zero-order valence-corrected chi connectivity index (χ0v) is 10.4. The highest BCUT2D eigenvalue weighted by Gasteiger charge is 2.08. The zero-order chi connectivity index (χ0) is 12.5. The maximum absolute atomic E-state index is 11.3. The smallest absolute Gasteiger partial charge is 0.348 e. The van der Waals surface area contributed by atoms with Crippen LogP contribution >= 0.6 is 11.3 Å². The average Bonchev–Trinajstić information content (AvgIpc) is 2.99. The summed E-state index contributed by atoms with van der Waals surface area (Å²) < 4.78 is 1.36. The number of aromatic nitrogens is 4. The molecule has 0 aliphatic heterocycles.